The third kappa shape index (κ3) is 1.52. The van der Waals surface area contributed by atoms with Gasteiger partial charge in [0.05, 0.1) is 17.3 Å². The minimum Gasteiger partial charge on any atom is -0.266 e. The summed E-state index contributed by atoms with van der Waals surface area (Å²) in [5, 5.41) is 11.0. The Morgan fingerprint density at radius 1 is 1.24 bits per heavy atom. The summed E-state index contributed by atoms with van der Waals surface area (Å²) in [4.78, 5) is 11.7. The lowest BCUT2D eigenvalue weighted by Gasteiger charge is -2.01. The second-order valence-corrected chi connectivity index (χ2v) is 3.86. The zero-order valence-electron chi connectivity index (χ0n) is 8.59. The number of nitrogens with zero attached hydrogens (tertiary/aromatic N) is 3. The molecule has 0 fully saturated rings. The molecule has 1 aromatic carbocycles. The van der Waals surface area contributed by atoms with Gasteiger partial charge in [-0.05, 0) is 12.1 Å². The van der Waals surface area contributed by atoms with Crippen LogP contribution in [0.5, 0.6) is 0 Å². The van der Waals surface area contributed by atoms with Gasteiger partial charge in [0, 0.05) is 0 Å². The Bertz CT molecular complexity index is 732. The molecule has 17 heavy (non-hydrogen) atoms. The maximum absolute atomic E-state index is 11.7. The molecule has 0 bridgehead atoms. The Morgan fingerprint density at radius 2 is 2.00 bits per heavy atom. The van der Waals surface area contributed by atoms with Crippen LogP contribution in [0.2, 0.25) is 5.15 Å². The maximum atomic E-state index is 11.7. The van der Waals surface area contributed by atoms with Gasteiger partial charge in [-0.25, -0.2) is 9.78 Å². The second-order valence-electron chi connectivity index (χ2n) is 3.50. The third-order valence-electron chi connectivity index (χ3n) is 2.46. The fourth-order valence-corrected chi connectivity index (χ4v) is 1.88. The fourth-order valence-electron chi connectivity index (χ4n) is 1.70. The molecule has 0 amide bonds. The summed E-state index contributed by atoms with van der Waals surface area (Å²) in [6, 6.07) is 9.37. The van der Waals surface area contributed by atoms with Crippen molar-refractivity contribution in [2.75, 3.05) is 0 Å². The molecule has 0 saturated heterocycles. The van der Waals surface area contributed by atoms with Gasteiger partial charge < -0.3 is 0 Å². The van der Waals surface area contributed by atoms with E-state index >= 15 is 0 Å². The van der Waals surface area contributed by atoms with Crippen LogP contribution in [0, 0.1) is 0 Å². The molecule has 0 spiro atoms. The van der Waals surface area contributed by atoms with Crippen LogP contribution in [0.4, 0.5) is 0 Å². The van der Waals surface area contributed by atoms with Gasteiger partial charge >= 0.3 is 0 Å². The van der Waals surface area contributed by atoms with E-state index in [1.807, 2.05) is 30.3 Å². The van der Waals surface area contributed by atoms with Crippen LogP contribution >= 0.6 is 11.6 Å². The highest BCUT2D eigenvalue weighted by molar-refractivity contribution is 6.33. The molecule has 0 aliphatic carbocycles. The lowest BCUT2D eigenvalue weighted by Crippen LogP contribution is -2.12. The minimum absolute atomic E-state index is 0.238. The number of aromatic nitrogens is 4. The Morgan fingerprint density at radius 3 is 2.76 bits per heavy atom. The highest BCUT2D eigenvalue weighted by atomic mass is 35.5. The molecule has 0 unspecified atom stereocenters. The first-order valence-corrected chi connectivity index (χ1v) is 5.32. The number of aromatic amines is 1. The summed E-state index contributed by atoms with van der Waals surface area (Å²) < 4.78 is 1.54. The Kier molecular flexibility index (Phi) is 2.19. The van der Waals surface area contributed by atoms with Gasteiger partial charge in [-0.3, -0.25) is 4.79 Å². The van der Waals surface area contributed by atoms with Gasteiger partial charge in [0.25, 0.3) is 5.56 Å². The first-order chi connectivity index (χ1) is 8.27. The number of H-pyrrole nitrogens is 1. The van der Waals surface area contributed by atoms with Crippen LogP contribution in [-0.4, -0.2) is 20.0 Å². The molecule has 1 N–H and O–H groups in total. The summed E-state index contributed by atoms with van der Waals surface area (Å²) >= 11 is 5.90. The van der Waals surface area contributed by atoms with Crippen LogP contribution in [0.1, 0.15) is 0 Å². The molecular weight excluding hydrogens is 240 g/mol. The lowest BCUT2D eigenvalue weighted by molar-refractivity contribution is 0.896. The van der Waals surface area contributed by atoms with E-state index in [9.17, 15) is 4.79 Å². The highest BCUT2D eigenvalue weighted by Crippen LogP contribution is 2.19. The van der Waals surface area contributed by atoms with Crippen LogP contribution in [0.3, 0.4) is 0 Å². The normalized spacial score (nSPS) is 10.9. The van der Waals surface area contributed by atoms with Crippen molar-refractivity contribution in [3.63, 3.8) is 0 Å². The smallest absolute Gasteiger partial charge is 0.266 e. The molecule has 3 aromatic rings. The van der Waals surface area contributed by atoms with Crippen molar-refractivity contribution in [3.05, 3.63) is 52.0 Å². The van der Waals surface area contributed by atoms with E-state index in [2.05, 4.69) is 15.3 Å². The Labute approximate surface area is 101 Å². The molecule has 0 radical (unpaired) electrons. The predicted octanol–water partition coefficient (Wildman–Crippen LogP) is 1.76. The van der Waals surface area contributed by atoms with Crippen molar-refractivity contribution in [2.24, 2.45) is 0 Å². The van der Waals surface area contributed by atoms with Crippen molar-refractivity contribution >= 4 is 22.5 Å². The van der Waals surface area contributed by atoms with E-state index in [1.54, 1.807) is 4.68 Å². The van der Waals surface area contributed by atoms with Gasteiger partial charge in [-0.1, -0.05) is 29.8 Å². The quantitative estimate of drug-likeness (QED) is 0.712. The fraction of sp³-hybridized carbons (Fsp3) is 0. The summed E-state index contributed by atoms with van der Waals surface area (Å²) in [7, 11) is 0. The monoisotopic (exact) mass is 246 g/mol. The second kappa shape index (κ2) is 3.71. The number of hydrogen-bond donors (Lipinski definition) is 1. The Hall–Kier alpha value is -2.14. The zero-order chi connectivity index (χ0) is 11.8. The number of benzene rings is 1. The average molecular weight is 247 g/mol. The average Bonchev–Trinajstić information content (AvgIpc) is 2.81. The molecule has 5 nitrogen and oxygen atoms in total. The molecule has 0 saturated carbocycles. The molecule has 84 valence electrons. The molecule has 6 heteroatoms. The van der Waals surface area contributed by atoms with E-state index < -0.39 is 0 Å². The van der Waals surface area contributed by atoms with Gasteiger partial charge in [0.15, 0.2) is 5.15 Å². The molecule has 3 rings (SSSR count). The lowest BCUT2D eigenvalue weighted by atomic mass is 10.3. The van der Waals surface area contributed by atoms with Crippen LogP contribution in [0.15, 0.2) is 41.3 Å². The zero-order valence-corrected chi connectivity index (χ0v) is 9.35. The van der Waals surface area contributed by atoms with Crippen molar-refractivity contribution in [3.8, 4) is 5.69 Å². The minimum atomic E-state index is -0.314. The van der Waals surface area contributed by atoms with Gasteiger partial charge in [-0.2, -0.15) is 10.2 Å². The molecule has 0 atom stereocenters. The van der Waals surface area contributed by atoms with Gasteiger partial charge in [0.1, 0.15) is 5.52 Å². The van der Waals surface area contributed by atoms with Crippen LogP contribution in [0.25, 0.3) is 16.6 Å². The topological polar surface area (TPSA) is 63.6 Å². The first-order valence-electron chi connectivity index (χ1n) is 4.95. The Balaban J connectivity index is 2.40. The summed E-state index contributed by atoms with van der Waals surface area (Å²) in [5.41, 5.74) is 0.886. The highest BCUT2D eigenvalue weighted by Gasteiger charge is 2.11. The van der Waals surface area contributed by atoms with Gasteiger partial charge in [-0.15, -0.1) is 0 Å². The van der Waals surface area contributed by atoms with Crippen molar-refractivity contribution in [1.82, 2.24) is 20.0 Å². The van der Waals surface area contributed by atoms with Gasteiger partial charge in [0.2, 0.25) is 0 Å². The van der Waals surface area contributed by atoms with E-state index in [4.69, 9.17) is 11.6 Å². The molecule has 0 aliphatic rings. The van der Waals surface area contributed by atoms with E-state index in [-0.39, 0.29) is 10.7 Å². The number of halogens is 1. The summed E-state index contributed by atoms with van der Waals surface area (Å²) in [5.74, 6) is 0. The molecule has 0 aliphatic heterocycles. The first kappa shape index (κ1) is 10.0. The predicted molar refractivity (Wildman–Crippen MR) is 64.5 cm³/mol. The molecule has 2 aromatic heterocycles. The summed E-state index contributed by atoms with van der Waals surface area (Å²) in [6.45, 7) is 0. The van der Waals surface area contributed by atoms with Crippen LogP contribution < -0.4 is 5.56 Å². The molecule has 2 heterocycles. The van der Waals surface area contributed by atoms with Crippen molar-refractivity contribution in [2.45, 2.75) is 0 Å². The van der Waals surface area contributed by atoms with E-state index in [1.165, 1.54) is 6.20 Å². The maximum Gasteiger partial charge on any atom is 0.290 e. The number of para-hydroxylation sites is 1. The number of hydrogen-bond acceptors (Lipinski definition) is 3. The summed E-state index contributed by atoms with van der Waals surface area (Å²) in [6.07, 6.45) is 1.53. The number of rotatable bonds is 1. The standard InChI is InChI=1S/C11H7ClN4O/c12-10-8-6-13-16(7-4-2-1-3-5-7)9(8)11(17)15-14-10/h1-6H,(H,15,17). The molecular formula is C11H7ClN4O. The van der Waals surface area contributed by atoms with E-state index in [0.29, 0.717) is 10.9 Å². The van der Waals surface area contributed by atoms with Crippen molar-refractivity contribution in [1.29, 1.82) is 0 Å². The third-order valence-corrected chi connectivity index (χ3v) is 2.75. The SMILES string of the molecule is O=c1[nH]nc(Cl)c2cnn(-c3ccccc3)c12. The largest absolute Gasteiger partial charge is 0.290 e. The van der Waals surface area contributed by atoms with Crippen LogP contribution in [-0.2, 0) is 0 Å². The van der Waals surface area contributed by atoms with Crippen molar-refractivity contribution < 1.29 is 0 Å². The number of fused-ring (bicyclic) bond motifs is 1. The number of nitrogens with one attached hydrogen (secondary N) is 1. The van der Waals surface area contributed by atoms with E-state index in [0.717, 1.165) is 5.69 Å².